The highest BCUT2D eigenvalue weighted by molar-refractivity contribution is 6.04. The zero-order valence-electron chi connectivity index (χ0n) is 12.8. The van der Waals surface area contributed by atoms with Gasteiger partial charge in [0.15, 0.2) is 0 Å². The molecule has 0 radical (unpaired) electrons. The Labute approximate surface area is 135 Å². The SMILES string of the molecule is Cc1cccc(Oc2ccc(C(=O)Nc3ccccc3)cc2)c1. The fourth-order valence-corrected chi connectivity index (χ4v) is 2.21. The summed E-state index contributed by atoms with van der Waals surface area (Å²) in [6, 6.07) is 24.3. The molecule has 0 saturated heterocycles. The van der Waals surface area contributed by atoms with Crippen LogP contribution in [0.3, 0.4) is 0 Å². The normalized spacial score (nSPS) is 10.1. The minimum absolute atomic E-state index is 0.140. The van der Waals surface area contributed by atoms with E-state index in [0.717, 1.165) is 17.0 Å². The van der Waals surface area contributed by atoms with Crippen molar-refractivity contribution in [2.75, 3.05) is 5.32 Å². The van der Waals surface area contributed by atoms with Crippen LogP contribution >= 0.6 is 0 Å². The first kappa shape index (κ1) is 14.9. The van der Waals surface area contributed by atoms with Crippen LogP contribution in [-0.4, -0.2) is 5.91 Å². The van der Waals surface area contributed by atoms with E-state index >= 15 is 0 Å². The van der Waals surface area contributed by atoms with Crippen LogP contribution in [0, 0.1) is 6.92 Å². The lowest BCUT2D eigenvalue weighted by Crippen LogP contribution is -2.11. The minimum atomic E-state index is -0.140. The summed E-state index contributed by atoms with van der Waals surface area (Å²) in [5.41, 5.74) is 2.50. The molecule has 0 atom stereocenters. The molecular weight excluding hydrogens is 286 g/mol. The molecule has 0 fully saturated rings. The van der Waals surface area contributed by atoms with Gasteiger partial charge >= 0.3 is 0 Å². The van der Waals surface area contributed by atoms with E-state index in [1.54, 1.807) is 24.3 Å². The molecule has 3 aromatic rings. The van der Waals surface area contributed by atoms with Crippen molar-refractivity contribution in [3.63, 3.8) is 0 Å². The van der Waals surface area contributed by atoms with Gasteiger partial charge in [-0.15, -0.1) is 0 Å². The Morgan fingerprint density at radius 2 is 1.57 bits per heavy atom. The molecule has 0 unspecified atom stereocenters. The molecule has 0 aliphatic rings. The second-order valence-corrected chi connectivity index (χ2v) is 5.26. The van der Waals surface area contributed by atoms with Crippen LogP contribution < -0.4 is 10.1 Å². The second kappa shape index (κ2) is 6.79. The van der Waals surface area contributed by atoms with Gasteiger partial charge in [-0.25, -0.2) is 0 Å². The molecule has 3 nitrogen and oxygen atoms in total. The molecule has 0 aromatic heterocycles. The molecule has 0 saturated carbocycles. The zero-order chi connectivity index (χ0) is 16.1. The smallest absolute Gasteiger partial charge is 0.255 e. The number of anilines is 1. The Balaban J connectivity index is 1.68. The highest BCUT2D eigenvalue weighted by atomic mass is 16.5. The van der Waals surface area contributed by atoms with Gasteiger partial charge in [0.05, 0.1) is 0 Å². The monoisotopic (exact) mass is 303 g/mol. The molecular formula is C20H17NO2. The van der Waals surface area contributed by atoms with Gasteiger partial charge in [-0.1, -0.05) is 30.3 Å². The van der Waals surface area contributed by atoms with Crippen molar-refractivity contribution >= 4 is 11.6 Å². The van der Waals surface area contributed by atoms with Crippen molar-refractivity contribution in [1.82, 2.24) is 0 Å². The van der Waals surface area contributed by atoms with Gasteiger partial charge in [0.25, 0.3) is 5.91 Å². The van der Waals surface area contributed by atoms with Gasteiger partial charge < -0.3 is 10.1 Å². The van der Waals surface area contributed by atoms with E-state index in [4.69, 9.17) is 4.74 Å². The summed E-state index contributed by atoms with van der Waals surface area (Å²) < 4.78 is 5.78. The number of hydrogen-bond acceptors (Lipinski definition) is 2. The van der Waals surface area contributed by atoms with Crippen molar-refractivity contribution in [1.29, 1.82) is 0 Å². The molecule has 3 rings (SSSR count). The second-order valence-electron chi connectivity index (χ2n) is 5.26. The third kappa shape index (κ3) is 3.98. The molecule has 0 aliphatic carbocycles. The summed E-state index contributed by atoms with van der Waals surface area (Å²) in [7, 11) is 0. The van der Waals surface area contributed by atoms with Crippen LogP contribution in [0.1, 0.15) is 15.9 Å². The minimum Gasteiger partial charge on any atom is -0.457 e. The number of rotatable bonds is 4. The fourth-order valence-electron chi connectivity index (χ4n) is 2.21. The van der Waals surface area contributed by atoms with Crippen LogP contribution in [0.25, 0.3) is 0 Å². The lowest BCUT2D eigenvalue weighted by atomic mass is 10.2. The Kier molecular flexibility index (Phi) is 4.39. The number of carbonyl (C=O) groups is 1. The quantitative estimate of drug-likeness (QED) is 0.733. The Morgan fingerprint density at radius 1 is 0.826 bits per heavy atom. The van der Waals surface area contributed by atoms with Crippen LogP contribution in [-0.2, 0) is 0 Å². The van der Waals surface area contributed by atoms with Crippen molar-refractivity contribution < 1.29 is 9.53 Å². The molecule has 0 heterocycles. The Hall–Kier alpha value is -3.07. The predicted molar refractivity (Wildman–Crippen MR) is 92.1 cm³/mol. The van der Waals surface area contributed by atoms with Crippen molar-refractivity contribution in [2.24, 2.45) is 0 Å². The first-order valence-electron chi connectivity index (χ1n) is 7.42. The van der Waals surface area contributed by atoms with Gasteiger partial charge in [0.1, 0.15) is 11.5 Å². The number of nitrogens with one attached hydrogen (secondary N) is 1. The van der Waals surface area contributed by atoms with E-state index in [9.17, 15) is 4.79 Å². The Bertz CT molecular complexity index is 795. The molecule has 0 spiro atoms. The lowest BCUT2D eigenvalue weighted by molar-refractivity contribution is 0.102. The summed E-state index contributed by atoms with van der Waals surface area (Å²) in [6.07, 6.45) is 0. The average Bonchev–Trinajstić information content (AvgIpc) is 2.56. The summed E-state index contributed by atoms with van der Waals surface area (Å²) in [4.78, 5) is 12.2. The van der Waals surface area contributed by atoms with Gasteiger partial charge in [0, 0.05) is 11.3 Å². The number of hydrogen-bond donors (Lipinski definition) is 1. The van der Waals surface area contributed by atoms with Crippen molar-refractivity contribution in [3.05, 3.63) is 90.0 Å². The fraction of sp³-hybridized carbons (Fsp3) is 0.0500. The number of carbonyl (C=O) groups excluding carboxylic acids is 1. The van der Waals surface area contributed by atoms with E-state index in [1.165, 1.54) is 0 Å². The van der Waals surface area contributed by atoms with Crippen LogP contribution in [0.4, 0.5) is 5.69 Å². The van der Waals surface area contributed by atoms with E-state index < -0.39 is 0 Å². The van der Waals surface area contributed by atoms with Gasteiger partial charge in [0.2, 0.25) is 0 Å². The summed E-state index contributed by atoms with van der Waals surface area (Å²) in [5, 5.41) is 2.86. The van der Waals surface area contributed by atoms with Gasteiger partial charge in [-0.3, -0.25) is 4.79 Å². The number of benzene rings is 3. The zero-order valence-corrected chi connectivity index (χ0v) is 12.8. The molecule has 0 aliphatic heterocycles. The number of ether oxygens (including phenoxy) is 1. The number of aryl methyl sites for hydroxylation is 1. The third-order valence-electron chi connectivity index (χ3n) is 3.37. The maximum absolute atomic E-state index is 12.2. The van der Waals surface area contributed by atoms with Crippen LogP contribution in [0.5, 0.6) is 11.5 Å². The number of amides is 1. The molecule has 1 N–H and O–H groups in total. The summed E-state index contributed by atoms with van der Waals surface area (Å²) in [5.74, 6) is 1.34. The van der Waals surface area contributed by atoms with E-state index in [-0.39, 0.29) is 5.91 Å². The van der Waals surface area contributed by atoms with Gasteiger partial charge in [-0.05, 0) is 61.0 Å². The third-order valence-corrected chi connectivity index (χ3v) is 3.37. The van der Waals surface area contributed by atoms with Crippen LogP contribution in [0.15, 0.2) is 78.9 Å². The standard InChI is InChI=1S/C20H17NO2/c1-15-6-5-9-19(14-15)23-18-12-10-16(11-13-18)20(22)21-17-7-3-2-4-8-17/h2-14H,1H3,(H,21,22). The number of para-hydroxylation sites is 1. The summed E-state index contributed by atoms with van der Waals surface area (Å²) >= 11 is 0. The molecule has 1 amide bonds. The van der Waals surface area contributed by atoms with E-state index in [1.807, 2.05) is 61.5 Å². The van der Waals surface area contributed by atoms with Crippen LogP contribution in [0.2, 0.25) is 0 Å². The summed E-state index contributed by atoms with van der Waals surface area (Å²) in [6.45, 7) is 2.02. The average molecular weight is 303 g/mol. The molecule has 3 aromatic carbocycles. The molecule has 114 valence electrons. The topological polar surface area (TPSA) is 38.3 Å². The maximum atomic E-state index is 12.2. The van der Waals surface area contributed by atoms with Gasteiger partial charge in [-0.2, -0.15) is 0 Å². The van der Waals surface area contributed by atoms with E-state index in [2.05, 4.69) is 5.32 Å². The van der Waals surface area contributed by atoms with E-state index in [0.29, 0.717) is 11.3 Å². The first-order valence-corrected chi connectivity index (χ1v) is 7.42. The van der Waals surface area contributed by atoms with Crippen molar-refractivity contribution in [3.8, 4) is 11.5 Å². The molecule has 23 heavy (non-hydrogen) atoms. The van der Waals surface area contributed by atoms with Crippen molar-refractivity contribution in [2.45, 2.75) is 6.92 Å². The highest BCUT2D eigenvalue weighted by Crippen LogP contribution is 2.22. The lowest BCUT2D eigenvalue weighted by Gasteiger charge is -2.08. The molecule has 3 heteroatoms. The maximum Gasteiger partial charge on any atom is 0.255 e. The largest absolute Gasteiger partial charge is 0.457 e. The highest BCUT2D eigenvalue weighted by Gasteiger charge is 2.06. The molecule has 0 bridgehead atoms. The first-order chi connectivity index (χ1) is 11.2. The predicted octanol–water partition coefficient (Wildman–Crippen LogP) is 5.04. The Morgan fingerprint density at radius 3 is 2.26 bits per heavy atom.